The Kier molecular flexibility index (Phi) is 3.14. The Balaban J connectivity index is 1.79. The van der Waals surface area contributed by atoms with Crippen molar-refractivity contribution >= 4 is 0 Å². The highest BCUT2D eigenvalue weighted by Gasteiger charge is 2.59. The molecule has 20 heavy (non-hydrogen) atoms. The Morgan fingerprint density at radius 3 is 1.80 bits per heavy atom. The van der Waals surface area contributed by atoms with Crippen molar-refractivity contribution in [3.63, 3.8) is 0 Å². The molecular formula is C19H26O. The lowest BCUT2D eigenvalue weighted by Gasteiger charge is -2.39. The fraction of sp³-hybridized carbons (Fsp3) is 0.684. The zero-order valence-corrected chi connectivity index (χ0v) is 12.3. The van der Waals surface area contributed by atoms with Gasteiger partial charge in [0.15, 0.2) is 0 Å². The first-order valence-electron chi connectivity index (χ1n) is 8.59. The molecule has 3 saturated carbocycles. The van der Waals surface area contributed by atoms with Crippen LogP contribution in [0.15, 0.2) is 30.3 Å². The predicted molar refractivity (Wildman–Crippen MR) is 81.2 cm³/mol. The van der Waals surface area contributed by atoms with Gasteiger partial charge in [-0.1, -0.05) is 56.0 Å². The van der Waals surface area contributed by atoms with E-state index in [-0.39, 0.29) is 0 Å². The van der Waals surface area contributed by atoms with Gasteiger partial charge >= 0.3 is 0 Å². The molecule has 3 aliphatic carbocycles. The summed E-state index contributed by atoms with van der Waals surface area (Å²) in [5.41, 5.74) is 0.670. The summed E-state index contributed by atoms with van der Waals surface area (Å²) in [7, 11) is 0. The monoisotopic (exact) mass is 270 g/mol. The molecule has 1 unspecified atom stereocenters. The topological polar surface area (TPSA) is 20.2 Å². The number of hydrogen-bond acceptors (Lipinski definition) is 1. The van der Waals surface area contributed by atoms with Gasteiger partial charge in [-0.05, 0) is 54.9 Å². The molecule has 1 aromatic rings. The Morgan fingerprint density at radius 1 is 0.750 bits per heavy atom. The smallest absolute Gasteiger partial charge is 0.0958 e. The van der Waals surface area contributed by atoms with Crippen LogP contribution in [0.5, 0.6) is 0 Å². The SMILES string of the molecule is OC1(c2ccccc2)[C@@H]2CCCC[C@H]2[C@H]2CCCC[C@@H]21. The van der Waals surface area contributed by atoms with E-state index in [2.05, 4.69) is 30.3 Å². The van der Waals surface area contributed by atoms with E-state index >= 15 is 0 Å². The molecule has 0 aliphatic heterocycles. The summed E-state index contributed by atoms with van der Waals surface area (Å²) in [6.45, 7) is 0. The van der Waals surface area contributed by atoms with Crippen LogP contribution in [0.1, 0.15) is 56.9 Å². The second kappa shape index (κ2) is 4.87. The molecule has 108 valence electrons. The molecule has 0 saturated heterocycles. The number of benzene rings is 1. The van der Waals surface area contributed by atoms with E-state index < -0.39 is 5.60 Å². The number of rotatable bonds is 1. The molecule has 0 radical (unpaired) electrons. The minimum atomic E-state index is -0.530. The van der Waals surface area contributed by atoms with Crippen molar-refractivity contribution in [2.45, 2.75) is 57.0 Å². The van der Waals surface area contributed by atoms with Crippen LogP contribution in [0.25, 0.3) is 0 Å². The molecule has 0 aromatic heterocycles. The van der Waals surface area contributed by atoms with Crippen LogP contribution < -0.4 is 0 Å². The summed E-state index contributed by atoms with van der Waals surface area (Å²) >= 11 is 0. The quantitative estimate of drug-likeness (QED) is 0.796. The summed E-state index contributed by atoms with van der Waals surface area (Å²) in [5, 5.41) is 11.8. The molecule has 0 amide bonds. The molecule has 3 aliphatic rings. The third-order valence-corrected chi connectivity index (χ3v) is 6.56. The molecule has 4 rings (SSSR count). The Labute approximate surface area is 122 Å². The van der Waals surface area contributed by atoms with Gasteiger partial charge in [0.25, 0.3) is 0 Å². The Morgan fingerprint density at radius 2 is 1.25 bits per heavy atom. The number of aliphatic hydroxyl groups is 1. The minimum Gasteiger partial charge on any atom is -0.385 e. The molecule has 0 bridgehead atoms. The lowest BCUT2D eigenvalue weighted by molar-refractivity contribution is -0.0650. The van der Waals surface area contributed by atoms with Gasteiger partial charge in [-0.25, -0.2) is 0 Å². The van der Waals surface area contributed by atoms with Crippen LogP contribution in [0.2, 0.25) is 0 Å². The second-order valence-electron chi connectivity index (χ2n) is 7.30. The zero-order chi connectivity index (χ0) is 13.6. The fourth-order valence-corrected chi connectivity index (χ4v) is 5.85. The lowest BCUT2D eigenvalue weighted by Crippen LogP contribution is -2.39. The van der Waals surface area contributed by atoms with E-state index in [9.17, 15) is 5.11 Å². The van der Waals surface area contributed by atoms with Crippen molar-refractivity contribution in [1.82, 2.24) is 0 Å². The Hall–Kier alpha value is -0.820. The van der Waals surface area contributed by atoms with Gasteiger partial charge in [0, 0.05) is 0 Å². The summed E-state index contributed by atoms with van der Waals surface area (Å²) in [5.74, 6) is 2.62. The van der Waals surface area contributed by atoms with Crippen molar-refractivity contribution in [3.05, 3.63) is 35.9 Å². The molecule has 0 spiro atoms. The molecule has 0 heterocycles. The maximum atomic E-state index is 11.8. The van der Waals surface area contributed by atoms with Crippen LogP contribution >= 0.6 is 0 Å². The molecule has 1 heteroatoms. The lowest BCUT2D eigenvalue weighted by atomic mass is 9.71. The fourth-order valence-electron chi connectivity index (χ4n) is 5.85. The van der Waals surface area contributed by atoms with E-state index in [1.54, 1.807) is 0 Å². The largest absolute Gasteiger partial charge is 0.385 e. The second-order valence-corrected chi connectivity index (χ2v) is 7.30. The molecular weight excluding hydrogens is 244 g/mol. The van der Waals surface area contributed by atoms with Gasteiger partial charge in [0.1, 0.15) is 0 Å². The maximum Gasteiger partial charge on any atom is 0.0958 e. The first kappa shape index (κ1) is 12.9. The van der Waals surface area contributed by atoms with Crippen molar-refractivity contribution in [3.8, 4) is 0 Å². The molecule has 1 aromatic carbocycles. The van der Waals surface area contributed by atoms with Gasteiger partial charge in [0.2, 0.25) is 0 Å². The molecule has 3 fully saturated rings. The van der Waals surface area contributed by atoms with Crippen molar-refractivity contribution < 1.29 is 5.11 Å². The average molecular weight is 270 g/mol. The van der Waals surface area contributed by atoms with Crippen molar-refractivity contribution in [2.24, 2.45) is 23.7 Å². The number of fused-ring (bicyclic) bond motifs is 3. The van der Waals surface area contributed by atoms with Gasteiger partial charge in [-0.3, -0.25) is 0 Å². The minimum absolute atomic E-state index is 0.520. The van der Waals surface area contributed by atoms with Gasteiger partial charge in [-0.2, -0.15) is 0 Å². The highest BCUT2D eigenvalue weighted by molar-refractivity contribution is 5.28. The van der Waals surface area contributed by atoms with E-state index in [4.69, 9.17) is 0 Å². The first-order valence-corrected chi connectivity index (χ1v) is 8.59. The molecule has 1 N–H and O–H groups in total. The zero-order valence-electron chi connectivity index (χ0n) is 12.3. The third kappa shape index (κ3) is 1.72. The standard InChI is InChI=1S/C19H26O/c20-19(14-8-2-1-3-9-14)17-12-6-4-10-15(17)16-11-5-7-13-18(16)19/h1-3,8-9,15-18,20H,4-7,10-13H2/t15-,16+,17+,18-,19?. The maximum absolute atomic E-state index is 11.8. The normalized spacial score (nSPS) is 43.9. The van der Waals surface area contributed by atoms with Crippen LogP contribution in [-0.4, -0.2) is 5.11 Å². The highest BCUT2D eigenvalue weighted by Crippen LogP contribution is 2.62. The number of hydrogen-bond donors (Lipinski definition) is 1. The van der Waals surface area contributed by atoms with Crippen LogP contribution in [0.4, 0.5) is 0 Å². The van der Waals surface area contributed by atoms with Crippen molar-refractivity contribution in [1.29, 1.82) is 0 Å². The average Bonchev–Trinajstić information content (AvgIpc) is 2.80. The summed E-state index contributed by atoms with van der Waals surface area (Å²) < 4.78 is 0. The van der Waals surface area contributed by atoms with E-state index in [0.29, 0.717) is 11.8 Å². The van der Waals surface area contributed by atoms with Crippen molar-refractivity contribution in [2.75, 3.05) is 0 Å². The Bertz CT molecular complexity index is 444. The predicted octanol–water partition coefficient (Wildman–Crippen LogP) is 4.50. The highest BCUT2D eigenvalue weighted by atomic mass is 16.3. The summed E-state index contributed by atoms with van der Waals surface area (Å²) in [4.78, 5) is 0. The van der Waals surface area contributed by atoms with Gasteiger partial charge in [-0.15, -0.1) is 0 Å². The van der Waals surface area contributed by atoms with Gasteiger partial charge < -0.3 is 5.11 Å². The first-order chi connectivity index (χ1) is 9.82. The van der Waals surface area contributed by atoms with Gasteiger partial charge in [0.05, 0.1) is 5.60 Å². The van der Waals surface area contributed by atoms with E-state index in [0.717, 1.165) is 11.8 Å². The van der Waals surface area contributed by atoms with E-state index in [1.807, 2.05) is 0 Å². The van der Waals surface area contributed by atoms with E-state index in [1.165, 1.54) is 56.9 Å². The molecule has 1 nitrogen and oxygen atoms in total. The third-order valence-electron chi connectivity index (χ3n) is 6.56. The van der Waals surface area contributed by atoms with Crippen LogP contribution in [0, 0.1) is 23.7 Å². The summed E-state index contributed by atoms with van der Waals surface area (Å²) in [6.07, 6.45) is 10.6. The summed E-state index contributed by atoms with van der Waals surface area (Å²) in [6, 6.07) is 10.6. The van der Waals surface area contributed by atoms with Crippen LogP contribution in [0.3, 0.4) is 0 Å². The molecule has 5 atom stereocenters. The van der Waals surface area contributed by atoms with Crippen LogP contribution in [-0.2, 0) is 5.60 Å².